The summed E-state index contributed by atoms with van der Waals surface area (Å²) >= 11 is 1.60. The molecule has 0 aromatic carbocycles. The molecule has 0 unspecified atom stereocenters. The summed E-state index contributed by atoms with van der Waals surface area (Å²) in [6.45, 7) is 5.53. The van der Waals surface area contributed by atoms with E-state index in [1.54, 1.807) is 17.4 Å². The van der Waals surface area contributed by atoms with E-state index in [9.17, 15) is 0 Å². The topological polar surface area (TPSA) is 62.4 Å². The Morgan fingerprint density at radius 1 is 1.56 bits per heavy atom. The smallest absolute Gasteiger partial charge is 0.241 e. The highest BCUT2D eigenvalue weighted by Crippen LogP contribution is 2.18. The second-order valence-electron chi connectivity index (χ2n) is 3.77. The summed E-state index contributed by atoms with van der Waals surface area (Å²) < 4.78 is 5.20. The van der Waals surface area contributed by atoms with E-state index < -0.39 is 0 Å². The molecule has 0 atom stereocenters. The quantitative estimate of drug-likeness (QED) is 0.773. The molecular weight excluding hydrogens is 250 g/mol. The van der Waals surface area contributed by atoms with Crippen molar-refractivity contribution in [3.05, 3.63) is 35.4 Å². The summed E-state index contributed by atoms with van der Waals surface area (Å²) in [4.78, 5) is 6.31. The molecule has 0 fully saturated rings. The van der Waals surface area contributed by atoms with Gasteiger partial charge in [0.1, 0.15) is 0 Å². The van der Waals surface area contributed by atoms with Gasteiger partial charge in [0.05, 0.1) is 13.2 Å². The zero-order valence-corrected chi connectivity index (χ0v) is 10.8. The van der Waals surface area contributed by atoms with Crippen molar-refractivity contribution >= 4 is 11.3 Å². The average molecular weight is 265 g/mol. The van der Waals surface area contributed by atoms with E-state index in [1.807, 2.05) is 21.7 Å². The van der Waals surface area contributed by atoms with E-state index in [2.05, 4.69) is 16.7 Å². The van der Waals surface area contributed by atoms with Crippen LogP contribution < -0.4 is 0 Å². The fourth-order valence-corrected chi connectivity index (χ4v) is 2.21. The zero-order valence-electron chi connectivity index (χ0n) is 9.95. The molecule has 0 spiro atoms. The van der Waals surface area contributed by atoms with Crippen molar-refractivity contribution in [2.75, 3.05) is 19.7 Å². The van der Waals surface area contributed by atoms with E-state index in [1.165, 1.54) is 0 Å². The number of nitrogens with zero attached hydrogens (tertiary/aromatic N) is 3. The lowest BCUT2D eigenvalue weighted by Crippen LogP contribution is -2.26. The van der Waals surface area contributed by atoms with Gasteiger partial charge in [-0.2, -0.15) is 16.3 Å². The van der Waals surface area contributed by atoms with Gasteiger partial charge in [-0.05, 0) is 11.4 Å². The number of rotatable bonds is 7. The van der Waals surface area contributed by atoms with Crippen LogP contribution in [0, 0.1) is 0 Å². The molecule has 96 valence electrons. The molecule has 18 heavy (non-hydrogen) atoms. The Balaban J connectivity index is 2.03. The van der Waals surface area contributed by atoms with Crippen LogP contribution >= 0.6 is 11.3 Å². The fourth-order valence-electron chi connectivity index (χ4n) is 1.58. The molecule has 0 aliphatic carbocycles. The molecule has 0 aliphatic rings. The summed E-state index contributed by atoms with van der Waals surface area (Å²) in [5.74, 6) is 1.15. The predicted molar refractivity (Wildman–Crippen MR) is 70.2 cm³/mol. The van der Waals surface area contributed by atoms with Gasteiger partial charge in [-0.15, -0.1) is 6.58 Å². The molecular formula is C12H15N3O2S. The van der Waals surface area contributed by atoms with Crippen molar-refractivity contribution < 1.29 is 9.63 Å². The second-order valence-corrected chi connectivity index (χ2v) is 4.55. The first-order valence-corrected chi connectivity index (χ1v) is 6.57. The van der Waals surface area contributed by atoms with Crippen LogP contribution in [0.25, 0.3) is 11.4 Å². The number of hydrogen-bond donors (Lipinski definition) is 1. The van der Waals surface area contributed by atoms with Gasteiger partial charge in [0.25, 0.3) is 0 Å². The molecule has 0 aliphatic heterocycles. The van der Waals surface area contributed by atoms with Crippen molar-refractivity contribution in [2.45, 2.75) is 6.54 Å². The molecule has 6 heteroatoms. The van der Waals surface area contributed by atoms with E-state index in [0.29, 0.717) is 31.3 Å². The first kappa shape index (κ1) is 12.9. The first-order chi connectivity index (χ1) is 8.83. The Morgan fingerprint density at radius 3 is 3.11 bits per heavy atom. The third-order valence-corrected chi connectivity index (χ3v) is 3.09. The third kappa shape index (κ3) is 3.25. The minimum absolute atomic E-state index is 0.0966. The molecule has 1 N–H and O–H groups in total. The molecule has 0 radical (unpaired) electrons. The number of aliphatic hydroxyl groups excluding tert-OH is 1. The monoisotopic (exact) mass is 265 g/mol. The number of aromatic nitrogens is 2. The van der Waals surface area contributed by atoms with E-state index in [4.69, 9.17) is 9.63 Å². The van der Waals surface area contributed by atoms with Gasteiger partial charge in [0.15, 0.2) is 0 Å². The molecule has 2 rings (SSSR count). The van der Waals surface area contributed by atoms with Gasteiger partial charge in [0, 0.05) is 24.0 Å². The lowest BCUT2D eigenvalue weighted by Gasteiger charge is -2.16. The van der Waals surface area contributed by atoms with Crippen LogP contribution in [0.2, 0.25) is 0 Å². The minimum Gasteiger partial charge on any atom is -0.395 e. The Hall–Kier alpha value is -1.50. The lowest BCUT2D eigenvalue weighted by molar-refractivity contribution is 0.186. The van der Waals surface area contributed by atoms with Crippen LogP contribution in [0.3, 0.4) is 0 Å². The van der Waals surface area contributed by atoms with Gasteiger partial charge < -0.3 is 9.63 Å². The largest absolute Gasteiger partial charge is 0.395 e. The Bertz CT molecular complexity index is 481. The number of aliphatic hydroxyl groups is 1. The van der Waals surface area contributed by atoms with Crippen LogP contribution in [0.5, 0.6) is 0 Å². The lowest BCUT2D eigenvalue weighted by atomic mass is 10.3. The summed E-state index contributed by atoms with van der Waals surface area (Å²) in [6.07, 6.45) is 1.78. The molecule has 2 heterocycles. The summed E-state index contributed by atoms with van der Waals surface area (Å²) in [6, 6.07) is 1.95. The second kappa shape index (κ2) is 6.44. The van der Waals surface area contributed by atoms with E-state index >= 15 is 0 Å². The molecule has 0 amide bonds. The van der Waals surface area contributed by atoms with Gasteiger partial charge in [-0.25, -0.2) is 0 Å². The molecule has 2 aromatic rings. The van der Waals surface area contributed by atoms with Gasteiger partial charge in [-0.1, -0.05) is 11.2 Å². The highest BCUT2D eigenvalue weighted by Gasteiger charge is 2.12. The van der Waals surface area contributed by atoms with Gasteiger partial charge >= 0.3 is 0 Å². The first-order valence-electron chi connectivity index (χ1n) is 5.62. The maximum Gasteiger partial charge on any atom is 0.241 e. The number of thiophene rings is 1. The SMILES string of the molecule is C=CCN(CCO)Cc1nc(-c2ccsc2)no1. The van der Waals surface area contributed by atoms with E-state index in [0.717, 1.165) is 5.56 Å². The molecule has 0 saturated carbocycles. The third-order valence-electron chi connectivity index (χ3n) is 2.41. The van der Waals surface area contributed by atoms with Crippen LogP contribution in [-0.2, 0) is 6.54 Å². The normalized spacial score (nSPS) is 11.0. The van der Waals surface area contributed by atoms with Gasteiger partial charge in [0.2, 0.25) is 11.7 Å². The Morgan fingerprint density at radius 2 is 2.44 bits per heavy atom. The molecule has 0 bridgehead atoms. The van der Waals surface area contributed by atoms with Crippen LogP contribution in [-0.4, -0.2) is 39.8 Å². The maximum atomic E-state index is 8.96. The molecule has 0 saturated heterocycles. The minimum atomic E-state index is 0.0966. The highest BCUT2D eigenvalue weighted by atomic mass is 32.1. The molecule has 2 aromatic heterocycles. The van der Waals surface area contributed by atoms with Crippen molar-refractivity contribution in [1.82, 2.24) is 15.0 Å². The van der Waals surface area contributed by atoms with Crippen molar-refractivity contribution in [2.24, 2.45) is 0 Å². The standard InChI is InChI=1S/C12H15N3O2S/c1-2-4-15(5-6-16)8-11-13-12(14-17-11)10-3-7-18-9-10/h2-3,7,9,16H,1,4-6,8H2. The van der Waals surface area contributed by atoms with Gasteiger partial charge in [-0.3, -0.25) is 4.90 Å². The highest BCUT2D eigenvalue weighted by molar-refractivity contribution is 7.08. The van der Waals surface area contributed by atoms with Crippen molar-refractivity contribution in [3.63, 3.8) is 0 Å². The fraction of sp³-hybridized carbons (Fsp3) is 0.333. The molecule has 5 nitrogen and oxygen atoms in total. The van der Waals surface area contributed by atoms with E-state index in [-0.39, 0.29) is 6.61 Å². The Labute approximate surface area is 109 Å². The predicted octanol–water partition coefficient (Wildman–Crippen LogP) is 1.78. The number of hydrogen-bond acceptors (Lipinski definition) is 6. The maximum absolute atomic E-state index is 8.96. The van der Waals surface area contributed by atoms with Crippen LogP contribution in [0.15, 0.2) is 34.0 Å². The summed E-state index contributed by atoms with van der Waals surface area (Å²) in [7, 11) is 0. The van der Waals surface area contributed by atoms with Crippen LogP contribution in [0.1, 0.15) is 5.89 Å². The van der Waals surface area contributed by atoms with Crippen molar-refractivity contribution in [1.29, 1.82) is 0 Å². The summed E-state index contributed by atoms with van der Waals surface area (Å²) in [5.41, 5.74) is 0.965. The van der Waals surface area contributed by atoms with Crippen molar-refractivity contribution in [3.8, 4) is 11.4 Å². The Kier molecular flexibility index (Phi) is 4.63. The average Bonchev–Trinajstić information content (AvgIpc) is 2.98. The van der Waals surface area contributed by atoms with Crippen LogP contribution in [0.4, 0.5) is 0 Å². The summed E-state index contributed by atoms with van der Waals surface area (Å²) in [5, 5.41) is 16.8. The zero-order chi connectivity index (χ0) is 12.8.